The minimum absolute atomic E-state index is 0.0877. The molecule has 0 fully saturated rings. The molecule has 4 unspecified atom stereocenters. The van der Waals surface area contributed by atoms with Crippen LogP contribution in [0.15, 0.2) is 30.3 Å². The molecule has 146 valence electrons. The fourth-order valence-electron chi connectivity index (χ4n) is 2.30. The molecular weight excluding hydrogens is 348 g/mol. The predicted molar refractivity (Wildman–Crippen MR) is 88.0 cm³/mol. The molecule has 0 spiro atoms. The monoisotopic (exact) mass is 372 g/mol. The molecule has 5 N–H and O–H groups in total. The van der Waals surface area contributed by atoms with Gasteiger partial charge in [-0.15, -0.1) is 0 Å². The number of carbonyl (C=O) groups is 2. The summed E-state index contributed by atoms with van der Waals surface area (Å²) in [5, 5.41) is 47.8. The fourth-order valence-corrected chi connectivity index (χ4v) is 2.30. The Balaban J connectivity index is 3.21. The molecule has 0 aromatic heterocycles. The molecule has 1 aromatic carbocycles. The van der Waals surface area contributed by atoms with Crippen molar-refractivity contribution in [1.29, 1.82) is 0 Å². The van der Waals surface area contributed by atoms with Crippen LogP contribution in [0.5, 0.6) is 0 Å². The highest BCUT2D eigenvalue weighted by atomic mass is 16.6. The molecular formula is C17H24O9. The van der Waals surface area contributed by atoms with E-state index in [0.717, 1.165) is 0 Å². The van der Waals surface area contributed by atoms with E-state index < -0.39 is 55.7 Å². The van der Waals surface area contributed by atoms with Crippen LogP contribution in [0, 0.1) is 0 Å². The largest absolute Gasteiger partial charge is 0.460 e. The van der Waals surface area contributed by atoms with Gasteiger partial charge in [0.25, 0.3) is 0 Å². The first-order chi connectivity index (χ1) is 12.3. The minimum atomic E-state index is -2.35. The van der Waals surface area contributed by atoms with E-state index in [-0.39, 0.29) is 12.0 Å². The lowest BCUT2D eigenvalue weighted by molar-refractivity contribution is -0.198. The second kappa shape index (κ2) is 10.2. The highest BCUT2D eigenvalue weighted by Crippen LogP contribution is 2.28. The summed E-state index contributed by atoms with van der Waals surface area (Å²) in [6.45, 7) is -0.416. The molecule has 1 aromatic rings. The van der Waals surface area contributed by atoms with E-state index in [9.17, 15) is 24.9 Å². The van der Waals surface area contributed by atoms with E-state index in [4.69, 9.17) is 19.7 Å². The van der Waals surface area contributed by atoms with E-state index in [2.05, 4.69) is 0 Å². The van der Waals surface area contributed by atoms with E-state index in [1.165, 1.54) is 19.1 Å². The molecule has 0 aliphatic heterocycles. The maximum absolute atomic E-state index is 12.5. The molecule has 0 aliphatic rings. The van der Waals surface area contributed by atoms with Gasteiger partial charge in [0.1, 0.15) is 24.9 Å². The molecule has 0 saturated carbocycles. The standard InChI is InChI=1S/C17H24O9/c1-2-17(16(24)25-9-8-18,14(22)13(21)12(20)10-19)26-15(23)11-6-4-3-5-7-11/h3-7,12-14,18-22H,2,8-10H2,1H3. The first kappa shape index (κ1) is 22.0. The van der Waals surface area contributed by atoms with Crippen molar-refractivity contribution in [3.8, 4) is 0 Å². The van der Waals surface area contributed by atoms with Crippen molar-refractivity contribution in [2.24, 2.45) is 0 Å². The molecule has 9 heteroatoms. The van der Waals surface area contributed by atoms with Crippen molar-refractivity contribution < 1.29 is 44.6 Å². The Hall–Kier alpha value is -2.04. The van der Waals surface area contributed by atoms with Gasteiger partial charge in [0, 0.05) is 0 Å². The Labute approximate surface area is 150 Å². The average Bonchev–Trinajstić information content (AvgIpc) is 2.68. The third-order valence-electron chi connectivity index (χ3n) is 3.86. The third kappa shape index (κ3) is 4.99. The topological polar surface area (TPSA) is 154 Å². The summed E-state index contributed by atoms with van der Waals surface area (Å²) in [7, 11) is 0. The molecule has 9 nitrogen and oxygen atoms in total. The summed E-state index contributed by atoms with van der Waals surface area (Å²) in [6, 6.07) is 7.64. The Bertz CT molecular complexity index is 577. The maximum Gasteiger partial charge on any atom is 0.353 e. The number of aliphatic hydroxyl groups is 5. The third-order valence-corrected chi connectivity index (χ3v) is 3.86. The van der Waals surface area contributed by atoms with Crippen LogP contribution in [0.3, 0.4) is 0 Å². The van der Waals surface area contributed by atoms with E-state index in [0.29, 0.717) is 0 Å². The molecule has 0 amide bonds. The second-order valence-corrected chi connectivity index (χ2v) is 5.54. The SMILES string of the molecule is CCC(OC(=O)c1ccccc1)(C(=O)OCCO)C(O)C(O)C(O)CO. The molecule has 0 bridgehead atoms. The van der Waals surface area contributed by atoms with Crippen LogP contribution in [-0.4, -0.2) is 81.2 Å². The summed E-state index contributed by atoms with van der Waals surface area (Å²) in [5.41, 5.74) is -2.26. The Kier molecular flexibility index (Phi) is 8.62. The van der Waals surface area contributed by atoms with Crippen molar-refractivity contribution in [2.75, 3.05) is 19.8 Å². The number of carbonyl (C=O) groups excluding carboxylic acids is 2. The zero-order valence-corrected chi connectivity index (χ0v) is 14.3. The lowest BCUT2D eigenvalue weighted by atomic mass is 9.87. The number of benzene rings is 1. The smallest absolute Gasteiger partial charge is 0.353 e. The first-order valence-electron chi connectivity index (χ1n) is 8.05. The summed E-state index contributed by atoms with van der Waals surface area (Å²) < 4.78 is 10.00. The predicted octanol–water partition coefficient (Wildman–Crippen LogP) is -1.40. The molecule has 26 heavy (non-hydrogen) atoms. The van der Waals surface area contributed by atoms with Crippen molar-refractivity contribution in [3.63, 3.8) is 0 Å². The molecule has 0 radical (unpaired) electrons. The number of rotatable bonds is 10. The summed E-state index contributed by atoms with van der Waals surface area (Å²) in [5.74, 6) is -2.16. The number of hydrogen-bond donors (Lipinski definition) is 5. The zero-order valence-electron chi connectivity index (χ0n) is 14.3. The van der Waals surface area contributed by atoms with E-state index in [1.54, 1.807) is 18.2 Å². The van der Waals surface area contributed by atoms with Gasteiger partial charge in [-0.1, -0.05) is 25.1 Å². The lowest BCUT2D eigenvalue weighted by Gasteiger charge is -2.37. The molecule has 1 rings (SSSR count). The van der Waals surface area contributed by atoms with Crippen LogP contribution >= 0.6 is 0 Å². The van der Waals surface area contributed by atoms with Crippen LogP contribution in [0.25, 0.3) is 0 Å². The Morgan fingerprint density at radius 1 is 1.12 bits per heavy atom. The lowest BCUT2D eigenvalue weighted by Crippen LogP contribution is -2.60. The van der Waals surface area contributed by atoms with Gasteiger partial charge >= 0.3 is 11.9 Å². The number of esters is 2. The van der Waals surface area contributed by atoms with Crippen molar-refractivity contribution in [2.45, 2.75) is 37.3 Å². The fraction of sp³-hybridized carbons (Fsp3) is 0.529. The van der Waals surface area contributed by atoms with Gasteiger partial charge in [-0.3, -0.25) is 0 Å². The number of hydrogen-bond acceptors (Lipinski definition) is 9. The highest BCUT2D eigenvalue weighted by Gasteiger charge is 2.53. The van der Waals surface area contributed by atoms with Gasteiger partial charge < -0.3 is 35.0 Å². The molecule has 4 atom stereocenters. The van der Waals surface area contributed by atoms with Crippen LogP contribution in [0.1, 0.15) is 23.7 Å². The quantitative estimate of drug-likeness (QED) is 0.312. The van der Waals surface area contributed by atoms with E-state index in [1.807, 2.05) is 0 Å². The molecule has 0 heterocycles. The van der Waals surface area contributed by atoms with Crippen molar-refractivity contribution in [3.05, 3.63) is 35.9 Å². The number of aliphatic hydroxyl groups excluding tert-OH is 5. The summed E-state index contributed by atoms with van der Waals surface area (Å²) >= 11 is 0. The van der Waals surface area contributed by atoms with Gasteiger partial charge in [0.15, 0.2) is 0 Å². The van der Waals surface area contributed by atoms with Crippen LogP contribution < -0.4 is 0 Å². The highest BCUT2D eigenvalue weighted by molar-refractivity contribution is 5.93. The molecule has 0 aliphatic carbocycles. The van der Waals surface area contributed by atoms with Gasteiger partial charge in [-0.05, 0) is 18.6 Å². The Morgan fingerprint density at radius 2 is 1.73 bits per heavy atom. The van der Waals surface area contributed by atoms with Crippen molar-refractivity contribution in [1.82, 2.24) is 0 Å². The normalized spacial score (nSPS) is 16.8. The van der Waals surface area contributed by atoms with Crippen LogP contribution in [-0.2, 0) is 14.3 Å². The second-order valence-electron chi connectivity index (χ2n) is 5.54. The van der Waals surface area contributed by atoms with Gasteiger partial charge in [0.2, 0.25) is 5.60 Å². The zero-order chi connectivity index (χ0) is 19.7. The van der Waals surface area contributed by atoms with E-state index >= 15 is 0 Å². The first-order valence-corrected chi connectivity index (χ1v) is 8.05. The summed E-state index contributed by atoms with van der Waals surface area (Å²) in [4.78, 5) is 24.8. The summed E-state index contributed by atoms with van der Waals surface area (Å²) in [6.07, 6.45) is -6.16. The van der Waals surface area contributed by atoms with Crippen LogP contribution in [0.2, 0.25) is 0 Å². The van der Waals surface area contributed by atoms with Gasteiger partial charge in [0.05, 0.1) is 18.8 Å². The van der Waals surface area contributed by atoms with Gasteiger partial charge in [-0.2, -0.15) is 0 Å². The number of ether oxygens (including phenoxy) is 2. The maximum atomic E-state index is 12.5. The Morgan fingerprint density at radius 3 is 2.23 bits per heavy atom. The average molecular weight is 372 g/mol. The van der Waals surface area contributed by atoms with Crippen molar-refractivity contribution >= 4 is 11.9 Å². The van der Waals surface area contributed by atoms with Crippen LogP contribution in [0.4, 0.5) is 0 Å². The minimum Gasteiger partial charge on any atom is -0.460 e. The molecule has 0 saturated heterocycles. The van der Waals surface area contributed by atoms with Gasteiger partial charge in [-0.25, -0.2) is 9.59 Å².